The largest absolute Gasteiger partial charge is 0.309 e. The van der Waals surface area contributed by atoms with Crippen LogP contribution >= 0.6 is 34.8 Å². The monoisotopic (exact) mass is 328 g/mol. The minimum Gasteiger partial charge on any atom is -0.309 e. The van der Waals surface area contributed by atoms with E-state index in [1.54, 1.807) is 12.3 Å². The van der Waals surface area contributed by atoms with Crippen LogP contribution in [0.4, 0.5) is 0 Å². The lowest BCUT2D eigenvalue weighted by Crippen LogP contribution is -2.24. The SMILES string of the molecule is CCNC(Cc1cccc(Cl)c1)c1ncc(Cl)cc1Cl. The van der Waals surface area contributed by atoms with E-state index in [4.69, 9.17) is 34.8 Å². The molecule has 2 rings (SSSR count). The molecule has 1 N–H and O–H groups in total. The van der Waals surface area contributed by atoms with Gasteiger partial charge in [0.2, 0.25) is 0 Å². The normalized spacial score (nSPS) is 12.4. The molecule has 0 bridgehead atoms. The van der Waals surface area contributed by atoms with Gasteiger partial charge in [0.05, 0.1) is 21.8 Å². The molecular formula is C15H15Cl3N2. The van der Waals surface area contributed by atoms with E-state index in [1.807, 2.05) is 24.3 Å². The average molecular weight is 330 g/mol. The van der Waals surface area contributed by atoms with Gasteiger partial charge in [0, 0.05) is 11.2 Å². The minimum atomic E-state index is 0.0308. The molecule has 0 aliphatic carbocycles. The Balaban J connectivity index is 2.26. The van der Waals surface area contributed by atoms with Crippen LogP contribution < -0.4 is 5.32 Å². The molecule has 0 fully saturated rings. The third kappa shape index (κ3) is 4.10. The van der Waals surface area contributed by atoms with Gasteiger partial charge in [-0.15, -0.1) is 0 Å². The second-order valence-electron chi connectivity index (χ2n) is 4.46. The number of pyridine rings is 1. The van der Waals surface area contributed by atoms with E-state index in [0.717, 1.165) is 29.2 Å². The lowest BCUT2D eigenvalue weighted by atomic mass is 10.0. The molecule has 1 aromatic carbocycles. The topological polar surface area (TPSA) is 24.9 Å². The Morgan fingerprint density at radius 1 is 1.15 bits per heavy atom. The maximum atomic E-state index is 6.24. The van der Waals surface area contributed by atoms with E-state index in [9.17, 15) is 0 Å². The maximum Gasteiger partial charge on any atom is 0.0763 e. The molecule has 0 saturated carbocycles. The van der Waals surface area contributed by atoms with Gasteiger partial charge in [-0.2, -0.15) is 0 Å². The molecule has 20 heavy (non-hydrogen) atoms. The molecule has 0 spiro atoms. The first-order valence-corrected chi connectivity index (χ1v) is 7.52. The van der Waals surface area contributed by atoms with Gasteiger partial charge in [0.1, 0.15) is 0 Å². The Labute approximate surface area is 134 Å². The first-order chi connectivity index (χ1) is 9.60. The minimum absolute atomic E-state index is 0.0308. The molecule has 5 heteroatoms. The van der Waals surface area contributed by atoms with Crippen LogP contribution in [-0.4, -0.2) is 11.5 Å². The lowest BCUT2D eigenvalue weighted by molar-refractivity contribution is 0.537. The summed E-state index contributed by atoms with van der Waals surface area (Å²) in [5, 5.41) is 5.24. The van der Waals surface area contributed by atoms with E-state index in [2.05, 4.69) is 17.2 Å². The first kappa shape index (κ1) is 15.6. The number of likely N-dealkylation sites (N-methyl/N-ethyl adjacent to an activating group) is 1. The van der Waals surface area contributed by atoms with Crippen LogP contribution in [0.3, 0.4) is 0 Å². The van der Waals surface area contributed by atoms with Crippen LogP contribution in [0.15, 0.2) is 36.5 Å². The van der Waals surface area contributed by atoms with Gasteiger partial charge >= 0.3 is 0 Å². The zero-order chi connectivity index (χ0) is 14.5. The Morgan fingerprint density at radius 2 is 1.95 bits per heavy atom. The van der Waals surface area contributed by atoms with Gasteiger partial charge in [-0.05, 0) is 36.7 Å². The van der Waals surface area contributed by atoms with Crippen molar-refractivity contribution in [3.63, 3.8) is 0 Å². The zero-order valence-corrected chi connectivity index (χ0v) is 13.3. The van der Waals surface area contributed by atoms with Gasteiger partial charge in [-0.1, -0.05) is 53.9 Å². The number of nitrogens with zero attached hydrogens (tertiary/aromatic N) is 1. The van der Waals surface area contributed by atoms with Gasteiger partial charge in [0.25, 0.3) is 0 Å². The Hall–Kier alpha value is -0.800. The predicted molar refractivity (Wildman–Crippen MR) is 85.8 cm³/mol. The molecule has 1 heterocycles. The van der Waals surface area contributed by atoms with Crippen LogP contribution in [0.1, 0.15) is 24.2 Å². The lowest BCUT2D eigenvalue weighted by Gasteiger charge is -2.19. The molecule has 106 valence electrons. The molecular weight excluding hydrogens is 315 g/mol. The summed E-state index contributed by atoms with van der Waals surface area (Å²) in [4.78, 5) is 4.36. The van der Waals surface area contributed by atoms with E-state index in [0.29, 0.717) is 10.0 Å². The highest BCUT2D eigenvalue weighted by Gasteiger charge is 2.16. The maximum absolute atomic E-state index is 6.24. The highest BCUT2D eigenvalue weighted by atomic mass is 35.5. The number of rotatable bonds is 5. The van der Waals surface area contributed by atoms with Crippen molar-refractivity contribution < 1.29 is 0 Å². The molecule has 1 aromatic heterocycles. The summed E-state index contributed by atoms with van der Waals surface area (Å²) < 4.78 is 0. The molecule has 0 amide bonds. The zero-order valence-electron chi connectivity index (χ0n) is 11.0. The summed E-state index contributed by atoms with van der Waals surface area (Å²) in [5.41, 5.74) is 1.94. The second-order valence-corrected chi connectivity index (χ2v) is 5.74. The van der Waals surface area contributed by atoms with E-state index in [-0.39, 0.29) is 6.04 Å². The average Bonchev–Trinajstić information content (AvgIpc) is 2.38. The second kappa shape index (κ2) is 7.28. The fourth-order valence-electron chi connectivity index (χ4n) is 2.09. The molecule has 1 atom stereocenters. The highest BCUT2D eigenvalue weighted by Crippen LogP contribution is 2.26. The Kier molecular flexibility index (Phi) is 5.67. The Bertz CT molecular complexity index is 587. The van der Waals surface area contributed by atoms with Crippen molar-refractivity contribution in [1.82, 2.24) is 10.3 Å². The standard InChI is InChI=1S/C15H15Cl3N2/c1-2-19-14(7-10-4-3-5-11(16)6-10)15-13(18)8-12(17)9-20-15/h3-6,8-9,14,19H,2,7H2,1H3. The number of halogens is 3. The fourth-order valence-corrected chi connectivity index (χ4v) is 2.82. The highest BCUT2D eigenvalue weighted by molar-refractivity contribution is 6.34. The molecule has 0 saturated heterocycles. The summed E-state index contributed by atoms with van der Waals surface area (Å²) in [7, 11) is 0. The summed E-state index contributed by atoms with van der Waals surface area (Å²) >= 11 is 18.2. The van der Waals surface area contributed by atoms with Crippen LogP contribution in [0, 0.1) is 0 Å². The number of aromatic nitrogens is 1. The van der Waals surface area contributed by atoms with Crippen LogP contribution in [0.25, 0.3) is 0 Å². The van der Waals surface area contributed by atoms with Gasteiger partial charge in [-0.25, -0.2) is 0 Å². The third-order valence-corrected chi connectivity index (χ3v) is 3.69. The Morgan fingerprint density at radius 3 is 2.60 bits per heavy atom. The van der Waals surface area contributed by atoms with Gasteiger partial charge in [0.15, 0.2) is 0 Å². The summed E-state index contributed by atoms with van der Waals surface area (Å²) in [6.07, 6.45) is 2.38. The molecule has 0 radical (unpaired) electrons. The fraction of sp³-hybridized carbons (Fsp3) is 0.267. The van der Waals surface area contributed by atoms with E-state index >= 15 is 0 Å². The van der Waals surface area contributed by atoms with Crippen molar-refractivity contribution in [2.24, 2.45) is 0 Å². The summed E-state index contributed by atoms with van der Waals surface area (Å²) in [6, 6.07) is 9.55. The van der Waals surface area contributed by atoms with Crippen molar-refractivity contribution in [3.8, 4) is 0 Å². The van der Waals surface area contributed by atoms with E-state index in [1.165, 1.54) is 0 Å². The van der Waals surface area contributed by atoms with Crippen molar-refractivity contribution in [3.05, 3.63) is 62.9 Å². The van der Waals surface area contributed by atoms with Crippen molar-refractivity contribution in [2.75, 3.05) is 6.54 Å². The molecule has 2 aromatic rings. The van der Waals surface area contributed by atoms with E-state index < -0.39 is 0 Å². The molecule has 0 aliphatic rings. The predicted octanol–water partition coefficient (Wildman–Crippen LogP) is 4.94. The number of nitrogens with one attached hydrogen (secondary N) is 1. The van der Waals surface area contributed by atoms with Gasteiger partial charge in [-0.3, -0.25) is 4.98 Å². The van der Waals surface area contributed by atoms with Crippen molar-refractivity contribution in [2.45, 2.75) is 19.4 Å². The smallest absolute Gasteiger partial charge is 0.0763 e. The quantitative estimate of drug-likeness (QED) is 0.841. The molecule has 2 nitrogen and oxygen atoms in total. The summed E-state index contributed by atoms with van der Waals surface area (Å²) in [5.74, 6) is 0. The van der Waals surface area contributed by atoms with Crippen molar-refractivity contribution in [1.29, 1.82) is 0 Å². The molecule has 1 unspecified atom stereocenters. The van der Waals surface area contributed by atoms with Gasteiger partial charge < -0.3 is 5.32 Å². The van der Waals surface area contributed by atoms with Crippen LogP contribution in [0.5, 0.6) is 0 Å². The third-order valence-electron chi connectivity index (χ3n) is 2.95. The number of hydrogen-bond acceptors (Lipinski definition) is 2. The van der Waals surface area contributed by atoms with Crippen LogP contribution in [0.2, 0.25) is 15.1 Å². The molecule has 0 aliphatic heterocycles. The number of hydrogen-bond donors (Lipinski definition) is 1. The van der Waals surface area contributed by atoms with Crippen molar-refractivity contribution >= 4 is 34.8 Å². The van der Waals surface area contributed by atoms with Crippen LogP contribution in [-0.2, 0) is 6.42 Å². The number of benzene rings is 1. The first-order valence-electron chi connectivity index (χ1n) is 6.39. The summed E-state index contributed by atoms with van der Waals surface area (Å²) in [6.45, 7) is 2.88.